The molecule has 0 unspecified atom stereocenters. The molecule has 1 aromatic heterocycles. The largest absolute Gasteiger partial charge is 0.260 e. The molecule has 0 aliphatic rings. The molecule has 4 heteroatoms. The third-order valence-electron chi connectivity index (χ3n) is 5.25. The average molecular weight is 388 g/mol. The molecular formula is C25H22F2N2. The van der Waals surface area contributed by atoms with Crippen LogP contribution in [0.2, 0.25) is 0 Å². The summed E-state index contributed by atoms with van der Waals surface area (Å²) in [4.78, 5) is 0. The number of nitrogens with zero attached hydrogens (tertiary/aromatic N) is 2. The Hall–Kier alpha value is -3.27. The van der Waals surface area contributed by atoms with Crippen molar-refractivity contribution in [1.29, 1.82) is 0 Å². The zero-order chi connectivity index (χ0) is 20.5. The highest BCUT2D eigenvalue weighted by Crippen LogP contribution is 2.32. The monoisotopic (exact) mass is 388 g/mol. The van der Waals surface area contributed by atoms with Crippen LogP contribution in [0.3, 0.4) is 0 Å². The fourth-order valence-corrected chi connectivity index (χ4v) is 3.65. The predicted octanol–water partition coefficient (Wildman–Crippen LogP) is 6.47. The SMILES string of the molecule is Cc1ccc(C)c(Cn2nc(-c3ccc(F)cc3)c(C)c2-c2ccc(F)cc2)c1. The summed E-state index contributed by atoms with van der Waals surface area (Å²) in [6, 6.07) is 19.2. The van der Waals surface area contributed by atoms with Crippen LogP contribution in [0.25, 0.3) is 22.5 Å². The summed E-state index contributed by atoms with van der Waals surface area (Å²) in [7, 11) is 0. The van der Waals surface area contributed by atoms with Crippen LogP contribution < -0.4 is 0 Å². The quantitative estimate of drug-likeness (QED) is 0.392. The second-order valence-electron chi connectivity index (χ2n) is 7.42. The molecule has 0 radical (unpaired) electrons. The van der Waals surface area contributed by atoms with Gasteiger partial charge in [-0.1, -0.05) is 23.8 Å². The van der Waals surface area contributed by atoms with Crippen LogP contribution in [0, 0.1) is 32.4 Å². The molecule has 0 saturated heterocycles. The van der Waals surface area contributed by atoms with Gasteiger partial charge in [-0.25, -0.2) is 8.78 Å². The Morgan fingerprint density at radius 2 is 1.34 bits per heavy atom. The summed E-state index contributed by atoms with van der Waals surface area (Å²) in [6.07, 6.45) is 0. The van der Waals surface area contributed by atoms with Crippen molar-refractivity contribution in [2.75, 3.05) is 0 Å². The van der Waals surface area contributed by atoms with Gasteiger partial charge in [0.25, 0.3) is 0 Å². The minimum Gasteiger partial charge on any atom is -0.260 e. The fourth-order valence-electron chi connectivity index (χ4n) is 3.65. The molecule has 3 aromatic carbocycles. The lowest BCUT2D eigenvalue weighted by Crippen LogP contribution is -2.06. The van der Waals surface area contributed by atoms with Gasteiger partial charge in [0.1, 0.15) is 11.6 Å². The van der Waals surface area contributed by atoms with Gasteiger partial charge in [-0.3, -0.25) is 4.68 Å². The number of hydrogen-bond acceptors (Lipinski definition) is 1. The zero-order valence-corrected chi connectivity index (χ0v) is 16.7. The maximum Gasteiger partial charge on any atom is 0.123 e. The molecule has 0 bridgehead atoms. The van der Waals surface area contributed by atoms with Crippen molar-refractivity contribution in [3.8, 4) is 22.5 Å². The molecule has 0 aliphatic heterocycles. The van der Waals surface area contributed by atoms with Crippen LogP contribution in [0.1, 0.15) is 22.3 Å². The van der Waals surface area contributed by atoms with E-state index in [-0.39, 0.29) is 11.6 Å². The normalized spacial score (nSPS) is 11.1. The smallest absolute Gasteiger partial charge is 0.123 e. The van der Waals surface area contributed by atoms with E-state index in [4.69, 9.17) is 5.10 Å². The van der Waals surface area contributed by atoms with Gasteiger partial charge in [-0.05, 0) is 80.4 Å². The Kier molecular flexibility index (Phi) is 5.01. The Morgan fingerprint density at radius 3 is 1.97 bits per heavy atom. The maximum absolute atomic E-state index is 13.5. The van der Waals surface area contributed by atoms with E-state index in [1.807, 2.05) is 11.6 Å². The zero-order valence-electron chi connectivity index (χ0n) is 16.7. The molecule has 0 saturated carbocycles. The minimum absolute atomic E-state index is 0.272. The van der Waals surface area contributed by atoms with Crippen molar-refractivity contribution in [3.05, 3.63) is 101 Å². The third-order valence-corrected chi connectivity index (χ3v) is 5.25. The first kappa shape index (κ1) is 19.1. The van der Waals surface area contributed by atoms with Gasteiger partial charge in [0.15, 0.2) is 0 Å². The third kappa shape index (κ3) is 3.83. The second-order valence-corrected chi connectivity index (χ2v) is 7.42. The molecule has 0 fully saturated rings. The summed E-state index contributed by atoms with van der Waals surface area (Å²) < 4.78 is 28.9. The van der Waals surface area contributed by atoms with Crippen molar-refractivity contribution in [2.24, 2.45) is 0 Å². The molecule has 1 heterocycles. The van der Waals surface area contributed by atoms with Gasteiger partial charge in [0, 0.05) is 16.7 Å². The van der Waals surface area contributed by atoms with E-state index in [0.29, 0.717) is 6.54 Å². The summed E-state index contributed by atoms with van der Waals surface area (Å²) in [5, 5.41) is 4.87. The van der Waals surface area contributed by atoms with E-state index < -0.39 is 0 Å². The summed E-state index contributed by atoms with van der Waals surface area (Å²) in [5.74, 6) is -0.550. The van der Waals surface area contributed by atoms with E-state index >= 15 is 0 Å². The summed E-state index contributed by atoms with van der Waals surface area (Å²) in [6.45, 7) is 6.76. The van der Waals surface area contributed by atoms with Gasteiger partial charge in [0.05, 0.1) is 17.9 Å². The predicted molar refractivity (Wildman–Crippen MR) is 113 cm³/mol. The van der Waals surface area contributed by atoms with Crippen molar-refractivity contribution >= 4 is 0 Å². The number of hydrogen-bond donors (Lipinski definition) is 0. The van der Waals surface area contributed by atoms with Gasteiger partial charge >= 0.3 is 0 Å². The number of rotatable bonds is 4. The van der Waals surface area contributed by atoms with E-state index in [1.54, 1.807) is 24.3 Å². The van der Waals surface area contributed by atoms with Crippen LogP contribution in [0.15, 0.2) is 66.7 Å². The van der Waals surface area contributed by atoms with E-state index in [1.165, 1.54) is 41.0 Å². The minimum atomic E-state index is -0.278. The lowest BCUT2D eigenvalue weighted by atomic mass is 10.0. The average Bonchev–Trinajstić information content (AvgIpc) is 3.02. The molecule has 0 spiro atoms. The first-order chi connectivity index (χ1) is 13.9. The standard InChI is InChI=1S/C25H22F2N2/c1-16-4-5-17(2)21(14-16)15-29-25(20-8-12-23(27)13-9-20)18(3)24(28-29)19-6-10-22(26)11-7-19/h4-14H,15H2,1-3H3. The molecule has 4 aromatic rings. The van der Waals surface area contributed by atoms with Crippen LogP contribution in [-0.2, 0) is 6.54 Å². The first-order valence-corrected chi connectivity index (χ1v) is 9.58. The second kappa shape index (κ2) is 7.63. The highest BCUT2D eigenvalue weighted by atomic mass is 19.1. The molecule has 0 amide bonds. The van der Waals surface area contributed by atoms with Crippen LogP contribution >= 0.6 is 0 Å². The Labute approximate surface area is 169 Å². The molecule has 0 aliphatic carbocycles. The molecule has 0 N–H and O–H groups in total. The van der Waals surface area contributed by atoms with Crippen LogP contribution in [0.4, 0.5) is 8.78 Å². The Morgan fingerprint density at radius 1 is 0.759 bits per heavy atom. The lowest BCUT2D eigenvalue weighted by Gasteiger charge is -2.12. The maximum atomic E-state index is 13.5. The number of aryl methyl sites for hydroxylation is 2. The van der Waals surface area contributed by atoms with Crippen molar-refractivity contribution in [1.82, 2.24) is 9.78 Å². The first-order valence-electron chi connectivity index (χ1n) is 9.58. The number of benzene rings is 3. The summed E-state index contributed by atoms with van der Waals surface area (Å²) >= 11 is 0. The van der Waals surface area contributed by atoms with Crippen molar-refractivity contribution in [3.63, 3.8) is 0 Å². The molecule has 4 rings (SSSR count). The highest BCUT2D eigenvalue weighted by molar-refractivity contribution is 5.74. The van der Waals surface area contributed by atoms with E-state index in [0.717, 1.165) is 28.1 Å². The van der Waals surface area contributed by atoms with Crippen LogP contribution in [0.5, 0.6) is 0 Å². The molecular weight excluding hydrogens is 366 g/mol. The lowest BCUT2D eigenvalue weighted by molar-refractivity contribution is 0.627. The van der Waals surface area contributed by atoms with Crippen molar-refractivity contribution in [2.45, 2.75) is 27.3 Å². The molecule has 2 nitrogen and oxygen atoms in total. The van der Waals surface area contributed by atoms with Crippen molar-refractivity contribution < 1.29 is 8.78 Å². The molecule has 29 heavy (non-hydrogen) atoms. The summed E-state index contributed by atoms with van der Waals surface area (Å²) in [5.41, 5.74) is 8.03. The van der Waals surface area contributed by atoms with E-state index in [9.17, 15) is 8.78 Å². The van der Waals surface area contributed by atoms with Gasteiger partial charge in [-0.15, -0.1) is 0 Å². The number of halogens is 2. The Balaban J connectivity index is 1.88. The van der Waals surface area contributed by atoms with Gasteiger partial charge in [0.2, 0.25) is 0 Å². The van der Waals surface area contributed by atoms with Gasteiger partial charge in [-0.2, -0.15) is 5.10 Å². The van der Waals surface area contributed by atoms with Gasteiger partial charge < -0.3 is 0 Å². The topological polar surface area (TPSA) is 17.8 Å². The molecule has 0 atom stereocenters. The van der Waals surface area contributed by atoms with Crippen LogP contribution in [-0.4, -0.2) is 9.78 Å². The fraction of sp³-hybridized carbons (Fsp3) is 0.160. The number of aromatic nitrogens is 2. The van der Waals surface area contributed by atoms with E-state index in [2.05, 4.69) is 32.0 Å². The molecule has 146 valence electrons. The Bertz CT molecular complexity index is 1160. The highest BCUT2D eigenvalue weighted by Gasteiger charge is 2.18.